The average molecular weight is 722 g/mol. The Labute approximate surface area is 289 Å². The summed E-state index contributed by atoms with van der Waals surface area (Å²) < 4.78 is 98.9. The molecule has 3 amide bonds. The molecule has 2 aromatic carbocycles. The Hall–Kier alpha value is -4.18. The monoisotopic (exact) mass is 721 g/mol. The molecule has 16 heteroatoms. The van der Waals surface area contributed by atoms with Crippen LogP contribution in [0.4, 0.5) is 31.1 Å². The minimum absolute atomic E-state index is 0.159. The van der Waals surface area contributed by atoms with Crippen LogP contribution >= 0.6 is 0 Å². The van der Waals surface area contributed by atoms with Gasteiger partial charge < -0.3 is 23.8 Å². The third-order valence-corrected chi connectivity index (χ3v) is 10.7. The molecule has 0 atom stereocenters. The van der Waals surface area contributed by atoms with Gasteiger partial charge in [-0.3, -0.25) is 9.69 Å². The summed E-state index contributed by atoms with van der Waals surface area (Å²) in [6, 6.07) is 6.68. The lowest BCUT2D eigenvalue weighted by atomic mass is 9.82. The number of hydrogen-bond acceptors (Lipinski definition) is 8. The Morgan fingerprint density at radius 3 is 2.24 bits per heavy atom. The fourth-order valence-electron chi connectivity index (χ4n) is 7.53. The predicted molar refractivity (Wildman–Crippen MR) is 168 cm³/mol. The number of ether oxygens (including phenoxy) is 2. The first kappa shape index (κ1) is 35.2. The molecule has 0 radical (unpaired) electrons. The first-order chi connectivity index (χ1) is 24.3. The van der Waals surface area contributed by atoms with Gasteiger partial charge in [-0.05, 0) is 81.2 Å². The van der Waals surface area contributed by atoms with Crippen LogP contribution in [0.25, 0.3) is 11.4 Å². The highest BCUT2D eigenvalue weighted by Gasteiger charge is 2.58. The Morgan fingerprint density at radius 2 is 1.57 bits per heavy atom. The number of amides is 3. The molecule has 3 saturated heterocycles. The minimum Gasteiger partial charge on any atom is -0.456 e. The number of alkyl halides is 6. The van der Waals surface area contributed by atoms with Crippen LogP contribution in [-0.4, -0.2) is 81.2 Å². The molecular weight excluding hydrogens is 684 g/mol. The summed E-state index contributed by atoms with van der Waals surface area (Å²) >= 11 is 0. The van der Waals surface area contributed by atoms with Gasteiger partial charge in [0.15, 0.2) is 0 Å². The number of urea groups is 1. The number of carbonyl (C=O) groups excluding carboxylic acids is 2. The van der Waals surface area contributed by atoms with Crippen molar-refractivity contribution in [2.45, 2.75) is 81.8 Å². The number of benzene rings is 2. The summed E-state index contributed by atoms with van der Waals surface area (Å²) in [4.78, 5) is 37.5. The van der Waals surface area contributed by atoms with Crippen molar-refractivity contribution in [3.05, 3.63) is 59.5 Å². The van der Waals surface area contributed by atoms with E-state index in [9.17, 15) is 35.9 Å². The van der Waals surface area contributed by atoms with Crippen LogP contribution in [-0.2, 0) is 28.4 Å². The van der Waals surface area contributed by atoms with Gasteiger partial charge in [0, 0.05) is 44.5 Å². The maximum Gasteiger partial charge on any atom is 0.420 e. The van der Waals surface area contributed by atoms with Gasteiger partial charge in [0.05, 0.1) is 11.1 Å². The van der Waals surface area contributed by atoms with E-state index >= 15 is 0 Å². The fourth-order valence-corrected chi connectivity index (χ4v) is 7.53. The maximum atomic E-state index is 14.2. The van der Waals surface area contributed by atoms with Crippen LogP contribution in [0.2, 0.25) is 0 Å². The van der Waals surface area contributed by atoms with E-state index in [1.54, 1.807) is 4.90 Å². The average Bonchev–Trinajstić information content (AvgIpc) is 3.61. The molecule has 1 aromatic heterocycles. The van der Waals surface area contributed by atoms with Crippen molar-refractivity contribution in [3.63, 3.8) is 0 Å². The maximum absolute atomic E-state index is 14.2. The first-order valence-corrected chi connectivity index (χ1v) is 17.2. The molecule has 1 spiro atoms. The quantitative estimate of drug-likeness (QED) is 0.165. The van der Waals surface area contributed by atoms with Crippen LogP contribution in [0.15, 0.2) is 47.0 Å². The van der Waals surface area contributed by atoms with Crippen molar-refractivity contribution in [1.82, 2.24) is 24.8 Å². The van der Waals surface area contributed by atoms with Gasteiger partial charge in [0.2, 0.25) is 11.7 Å². The van der Waals surface area contributed by atoms with E-state index < -0.39 is 46.5 Å². The molecule has 3 aromatic rings. The fraction of sp³-hybridized carbons (Fsp3) is 0.543. The molecular formula is C35H37F6N5O5. The Bertz CT molecular complexity index is 1740. The second kappa shape index (κ2) is 13.7. The number of halogens is 6. The largest absolute Gasteiger partial charge is 0.456 e. The summed E-state index contributed by atoms with van der Waals surface area (Å²) in [6.07, 6.45) is -2.93. The molecule has 7 rings (SSSR count). The molecule has 4 fully saturated rings. The van der Waals surface area contributed by atoms with Crippen molar-refractivity contribution in [2.24, 2.45) is 5.92 Å². The lowest BCUT2D eigenvalue weighted by Gasteiger charge is -2.47. The molecule has 0 N–H and O–H groups in total. The zero-order valence-corrected chi connectivity index (χ0v) is 27.6. The van der Waals surface area contributed by atoms with E-state index in [2.05, 4.69) is 15.0 Å². The first-order valence-electron chi connectivity index (χ1n) is 17.2. The molecule has 51 heavy (non-hydrogen) atoms. The lowest BCUT2D eigenvalue weighted by Crippen LogP contribution is -2.58. The SMILES string of the molecule is O=C1N(Cc2nc(-c3ccc(Oc4ccccc4C(F)(F)F)c(C(F)(F)F)c3)no2)C(=O)C2(CCN(C3CCC3)CC2)N1CCC1CCOCC1. The van der Waals surface area contributed by atoms with Crippen molar-refractivity contribution in [3.8, 4) is 22.9 Å². The van der Waals surface area contributed by atoms with E-state index in [1.165, 1.54) is 12.5 Å². The molecule has 1 saturated carbocycles. The van der Waals surface area contributed by atoms with Crippen LogP contribution in [0, 0.1) is 5.92 Å². The number of aromatic nitrogens is 2. The number of carbonyl (C=O) groups is 2. The number of likely N-dealkylation sites (tertiary alicyclic amines) is 1. The van der Waals surface area contributed by atoms with E-state index in [4.69, 9.17) is 14.0 Å². The molecule has 0 unspecified atom stereocenters. The van der Waals surface area contributed by atoms with E-state index in [1.807, 2.05) is 0 Å². The number of rotatable bonds is 9. The summed E-state index contributed by atoms with van der Waals surface area (Å²) in [5.41, 5.74) is -3.76. The third kappa shape index (κ3) is 7.04. The lowest BCUT2D eigenvalue weighted by molar-refractivity contribution is -0.139. The second-order valence-electron chi connectivity index (χ2n) is 13.6. The predicted octanol–water partition coefficient (Wildman–Crippen LogP) is 7.53. The van der Waals surface area contributed by atoms with E-state index in [0.29, 0.717) is 69.8 Å². The summed E-state index contributed by atoms with van der Waals surface area (Å²) in [5, 5.41) is 3.80. The molecule has 4 aliphatic rings. The van der Waals surface area contributed by atoms with Gasteiger partial charge in [0.25, 0.3) is 5.91 Å². The van der Waals surface area contributed by atoms with Gasteiger partial charge in [-0.15, -0.1) is 0 Å². The molecule has 3 aliphatic heterocycles. The van der Waals surface area contributed by atoms with Crippen molar-refractivity contribution < 1.29 is 49.9 Å². The highest BCUT2D eigenvalue weighted by atomic mass is 19.4. The molecule has 0 bridgehead atoms. The van der Waals surface area contributed by atoms with Gasteiger partial charge in [0.1, 0.15) is 23.6 Å². The van der Waals surface area contributed by atoms with Gasteiger partial charge in [-0.1, -0.05) is 23.7 Å². The molecule has 274 valence electrons. The second-order valence-corrected chi connectivity index (χ2v) is 13.6. The van der Waals surface area contributed by atoms with Crippen LogP contribution in [0.3, 0.4) is 0 Å². The smallest absolute Gasteiger partial charge is 0.420 e. The van der Waals surface area contributed by atoms with E-state index in [0.717, 1.165) is 61.3 Å². The highest BCUT2D eigenvalue weighted by Crippen LogP contribution is 2.44. The normalized spacial score (nSPS) is 20.7. The minimum atomic E-state index is -5.02. The van der Waals surface area contributed by atoms with Crippen molar-refractivity contribution in [2.75, 3.05) is 32.8 Å². The van der Waals surface area contributed by atoms with Gasteiger partial charge >= 0.3 is 18.4 Å². The topological polar surface area (TPSA) is 101 Å². The van der Waals surface area contributed by atoms with E-state index in [-0.39, 0.29) is 29.7 Å². The van der Waals surface area contributed by atoms with Crippen molar-refractivity contribution >= 4 is 11.9 Å². The van der Waals surface area contributed by atoms with Crippen LogP contribution < -0.4 is 4.74 Å². The summed E-state index contributed by atoms with van der Waals surface area (Å²) in [7, 11) is 0. The number of nitrogens with zero attached hydrogens (tertiary/aromatic N) is 5. The number of imide groups is 1. The van der Waals surface area contributed by atoms with Gasteiger partial charge in [-0.25, -0.2) is 4.79 Å². The summed E-state index contributed by atoms with van der Waals surface area (Å²) in [6.45, 7) is 2.76. The standard InChI is InChI=1S/C35H37F6N5O5/c36-34(37,38)25-6-1-2-7-27(25)50-28-9-8-23(20-26(28)35(39,40)41)30-42-29(51-43-30)21-45-31(47)33(13-16-44(17-14-33)24-4-3-5-24)46(32(45)48)15-10-22-11-18-49-19-12-22/h1-2,6-9,20,22,24H,3-5,10-19,21H2. The summed E-state index contributed by atoms with van der Waals surface area (Å²) in [5.74, 6) is -2.05. The molecule has 1 aliphatic carbocycles. The van der Waals surface area contributed by atoms with Gasteiger partial charge in [-0.2, -0.15) is 31.3 Å². The number of piperidine rings is 1. The number of hydrogen-bond donors (Lipinski definition) is 0. The Kier molecular flexibility index (Phi) is 9.50. The molecule has 10 nitrogen and oxygen atoms in total. The third-order valence-electron chi connectivity index (χ3n) is 10.7. The van der Waals surface area contributed by atoms with Crippen LogP contribution in [0.5, 0.6) is 11.5 Å². The highest BCUT2D eigenvalue weighted by molar-refractivity contribution is 6.07. The molecule has 4 heterocycles. The zero-order chi connectivity index (χ0) is 36.0. The number of para-hydroxylation sites is 1. The Morgan fingerprint density at radius 1 is 0.882 bits per heavy atom. The Balaban J connectivity index is 1.11. The van der Waals surface area contributed by atoms with Crippen molar-refractivity contribution in [1.29, 1.82) is 0 Å². The zero-order valence-electron chi connectivity index (χ0n) is 27.6. The van der Waals surface area contributed by atoms with Crippen LogP contribution in [0.1, 0.15) is 68.4 Å².